The summed E-state index contributed by atoms with van der Waals surface area (Å²) in [5, 5.41) is 4.63. The fraction of sp³-hybridized carbons (Fsp3) is 0.379. The zero-order chi connectivity index (χ0) is 25.1. The second-order valence-corrected chi connectivity index (χ2v) is 10.7. The lowest BCUT2D eigenvalue weighted by atomic mass is 9.86. The third-order valence-electron chi connectivity index (χ3n) is 7.17. The summed E-state index contributed by atoms with van der Waals surface area (Å²) in [6, 6.07) is 13.7. The van der Waals surface area contributed by atoms with E-state index in [0.29, 0.717) is 10.8 Å². The van der Waals surface area contributed by atoms with Gasteiger partial charge in [0.15, 0.2) is 5.13 Å². The Balaban J connectivity index is 1.47. The van der Waals surface area contributed by atoms with E-state index in [1.54, 1.807) is 25.6 Å². The number of H-pyrrole nitrogens is 1. The molecule has 0 aliphatic heterocycles. The molecule has 0 saturated heterocycles. The average molecular weight is 504 g/mol. The second-order valence-electron chi connectivity index (χ2n) is 9.58. The Morgan fingerprint density at radius 2 is 1.86 bits per heavy atom. The van der Waals surface area contributed by atoms with Crippen LogP contribution in [-0.2, 0) is 6.42 Å². The number of aromatic amines is 1. The number of hydrogen-bond acceptors (Lipinski definition) is 5. The zero-order valence-electron chi connectivity index (χ0n) is 21.1. The number of amides is 1. The van der Waals surface area contributed by atoms with Gasteiger partial charge in [-0.2, -0.15) is 0 Å². The minimum atomic E-state index is -0.196. The van der Waals surface area contributed by atoms with E-state index < -0.39 is 0 Å². The quantitative estimate of drug-likeness (QED) is 0.263. The number of aryl methyl sites for hydroxylation is 2. The smallest absolute Gasteiger partial charge is 0.273 e. The molecule has 1 aliphatic rings. The second kappa shape index (κ2) is 10.7. The average Bonchev–Trinajstić information content (AvgIpc) is 3.52. The highest BCUT2D eigenvalue weighted by Crippen LogP contribution is 2.41. The first kappa shape index (κ1) is 24.4. The summed E-state index contributed by atoms with van der Waals surface area (Å²) in [6.07, 6.45) is 8.69. The van der Waals surface area contributed by atoms with E-state index >= 15 is 0 Å². The minimum Gasteiger partial charge on any atom is -0.496 e. The van der Waals surface area contributed by atoms with Gasteiger partial charge in [-0.15, -0.1) is 11.3 Å². The Hall–Kier alpha value is -3.32. The molecule has 0 radical (unpaired) electrons. The van der Waals surface area contributed by atoms with E-state index in [0.717, 1.165) is 62.9 Å². The normalized spacial score (nSPS) is 14.2. The van der Waals surface area contributed by atoms with Crippen molar-refractivity contribution in [1.82, 2.24) is 9.97 Å². The van der Waals surface area contributed by atoms with Crippen LogP contribution in [0, 0.1) is 12.8 Å². The van der Waals surface area contributed by atoms with Gasteiger partial charge in [-0.1, -0.05) is 50.3 Å². The van der Waals surface area contributed by atoms with Gasteiger partial charge in [0.05, 0.1) is 19.9 Å². The van der Waals surface area contributed by atoms with Crippen LogP contribution in [0.2, 0.25) is 0 Å². The van der Waals surface area contributed by atoms with Crippen LogP contribution >= 0.6 is 11.3 Å². The van der Waals surface area contributed by atoms with Crippen molar-refractivity contribution in [2.75, 3.05) is 19.5 Å². The molecule has 6 nitrogen and oxygen atoms in total. The van der Waals surface area contributed by atoms with Gasteiger partial charge in [0.25, 0.3) is 5.91 Å². The number of anilines is 1. The number of fused-ring (bicyclic) bond motifs is 1. The molecule has 2 N–H and O–H groups in total. The van der Waals surface area contributed by atoms with Crippen molar-refractivity contribution in [3.05, 3.63) is 58.6 Å². The predicted octanol–water partition coefficient (Wildman–Crippen LogP) is 7.38. The van der Waals surface area contributed by atoms with Crippen LogP contribution in [0.15, 0.2) is 42.5 Å². The number of ether oxygens (including phenoxy) is 2. The number of nitrogens with one attached hydrogen (secondary N) is 2. The standard InChI is InChI=1S/C29H33N3O3S/c1-18-15-25(35-3)21(17-24(18)34-2)27-26(14-13-19-9-5-4-6-10-19)36-29(31-27)32-28(33)23-16-20-11-7-8-12-22(20)30-23/h7-8,11-12,15-17,19,30H,4-6,9-10,13-14H2,1-3H3,(H,31,32,33). The third-order valence-corrected chi connectivity index (χ3v) is 8.20. The van der Waals surface area contributed by atoms with Crippen molar-refractivity contribution in [1.29, 1.82) is 0 Å². The summed E-state index contributed by atoms with van der Waals surface area (Å²) in [4.78, 5) is 22.4. The van der Waals surface area contributed by atoms with Gasteiger partial charge in [-0.25, -0.2) is 4.98 Å². The van der Waals surface area contributed by atoms with Gasteiger partial charge in [0, 0.05) is 21.3 Å². The maximum atomic E-state index is 13.1. The monoisotopic (exact) mass is 503 g/mol. The molecular formula is C29H33N3O3S. The molecule has 2 aromatic carbocycles. The fourth-order valence-electron chi connectivity index (χ4n) is 5.19. The first-order valence-corrected chi connectivity index (χ1v) is 13.5. The van der Waals surface area contributed by atoms with E-state index in [-0.39, 0.29) is 5.91 Å². The Bertz CT molecular complexity index is 1330. The molecule has 1 aliphatic carbocycles. The number of nitrogens with zero attached hydrogens (tertiary/aromatic N) is 1. The maximum absolute atomic E-state index is 13.1. The van der Waals surface area contributed by atoms with E-state index in [9.17, 15) is 4.79 Å². The van der Waals surface area contributed by atoms with Crippen molar-refractivity contribution in [3.63, 3.8) is 0 Å². The number of benzene rings is 2. The molecule has 7 heteroatoms. The van der Waals surface area contributed by atoms with Crippen LogP contribution < -0.4 is 14.8 Å². The summed E-state index contributed by atoms with van der Waals surface area (Å²) in [7, 11) is 3.35. The van der Waals surface area contributed by atoms with Crippen molar-refractivity contribution in [2.24, 2.45) is 5.92 Å². The lowest BCUT2D eigenvalue weighted by Gasteiger charge is -2.21. The molecule has 1 saturated carbocycles. The van der Waals surface area contributed by atoms with Crippen LogP contribution in [0.1, 0.15) is 59.5 Å². The van der Waals surface area contributed by atoms with Gasteiger partial charge in [0.2, 0.25) is 0 Å². The number of carbonyl (C=O) groups excluding carboxylic acids is 1. The minimum absolute atomic E-state index is 0.196. The lowest BCUT2D eigenvalue weighted by Crippen LogP contribution is -2.11. The molecule has 36 heavy (non-hydrogen) atoms. The molecule has 188 valence electrons. The molecule has 1 fully saturated rings. The predicted molar refractivity (Wildman–Crippen MR) is 147 cm³/mol. The van der Waals surface area contributed by atoms with Crippen molar-refractivity contribution in [3.8, 4) is 22.8 Å². The van der Waals surface area contributed by atoms with Gasteiger partial charge in [-0.3, -0.25) is 10.1 Å². The maximum Gasteiger partial charge on any atom is 0.273 e. The van der Waals surface area contributed by atoms with Crippen molar-refractivity contribution in [2.45, 2.75) is 51.9 Å². The number of aromatic nitrogens is 2. The SMILES string of the molecule is COc1cc(-c2nc(NC(=O)c3cc4ccccc4[nH]3)sc2CCC2CCCCC2)c(OC)cc1C. The number of methoxy groups -OCH3 is 2. The number of rotatable bonds is 8. The first-order valence-electron chi connectivity index (χ1n) is 12.7. The van der Waals surface area contributed by atoms with Crippen LogP contribution in [0.3, 0.4) is 0 Å². The summed E-state index contributed by atoms with van der Waals surface area (Å²) in [5.74, 6) is 2.11. The summed E-state index contributed by atoms with van der Waals surface area (Å²) < 4.78 is 11.3. The number of hydrogen-bond donors (Lipinski definition) is 2. The molecule has 2 heterocycles. The van der Waals surface area contributed by atoms with Crippen LogP contribution in [0.4, 0.5) is 5.13 Å². The Labute approximate surface area is 216 Å². The van der Waals surface area contributed by atoms with Crippen LogP contribution in [0.5, 0.6) is 11.5 Å². The zero-order valence-corrected chi connectivity index (χ0v) is 22.0. The molecule has 0 unspecified atom stereocenters. The van der Waals surface area contributed by atoms with Gasteiger partial charge < -0.3 is 14.5 Å². The number of carbonyl (C=O) groups is 1. The Morgan fingerprint density at radius 1 is 1.08 bits per heavy atom. The highest BCUT2D eigenvalue weighted by Gasteiger charge is 2.22. The molecule has 0 bridgehead atoms. The Kier molecular flexibility index (Phi) is 7.28. The fourth-order valence-corrected chi connectivity index (χ4v) is 6.18. The highest BCUT2D eigenvalue weighted by molar-refractivity contribution is 7.16. The molecular weight excluding hydrogens is 470 g/mol. The van der Waals surface area contributed by atoms with E-state index in [4.69, 9.17) is 14.5 Å². The molecule has 0 atom stereocenters. The van der Waals surface area contributed by atoms with Crippen LogP contribution in [0.25, 0.3) is 22.2 Å². The highest BCUT2D eigenvalue weighted by atomic mass is 32.1. The third kappa shape index (κ3) is 5.12. The summed E-state index contributed by atoms with van der Waals surface area (Å²) in [6.45, 7) is 2.00. The molecule has 1 amide bonds. The molecule has 5 rings (SSSR count). The Morgan fingerprint density at radius 3 is 2.61 bits per heavy atom. The van der Waals surface area contributed by atoms with Crippen molar-refractivity contribution >= 4 is 33.3 Å². The van der Waals surface area contributed by atoms with Crippen molar-refractivity contribution < 1.29 is 14.3 Å². The first-order chi connectivity index (χ1) is 17.6. The van der Waals surface area contributed by atoms with Gasteiger partial charge in [0.1, 0.15) is 17.2 Å². The largest absolute Gasteiger partial charge is 0.496 e. The summed E-state index contributed by atoms with van der Waals surface area (Å²) >= 11 is 1.56. The van der Waals surface area contributed by atoms with E-state index in [2.05, 4.69) is 10.3 Å². The molecule has 0 spiro atoms. The molecule has 2 aromatic heterocycles. The number of para-hydroxylation sites is 1. The molecule has 4 aromatic rings. The van der Waals surface area contributed by atoms with Gasteiger partial charge in [-0.05, 0) is 55.5 Å². The van der Waals surface area contributed by atoms with E-state index in [1.165, 1.54) is 32.1 Å². The van der Waals surface area contributed by atoms with Gasteiger partial charge >= 0.3 is 0 Å². The topological polar surface area (TPSA) is 76.2 Å². The summed E-state index contributed by atoms with van der Waals surface area (Å²) in [5.41, 5.74) is 4.21. The van der Waals surface area contributed by atoms with Crippen LogP contribution in [-0.4, -0.2) is 30.1 Å². The van der Waals surface area contributed by atoms with E-state index in [1.807, 2.05) is 49.4 Å². The lowest BCUT2D eigenvalue weighted by molar-refractivity contribution is 0.102. The number of thiazole rings is 1.